The first-order valence-corrected chi connectivity index (χ1v) is 6.76. The van der Waals surface area contributed by atoms with Crippen molar-refractivity contribution in [1.82, 2.24) is 9.97 Å². The molecule has 0 amide bonds. The van der Waals surface area contributed by atoms with Gasteiger partial charge < -0.3 is 15.7 Å². The van der Waals surface area contributed by atoms with E-state index < -0.39 is 11.0 Å². The number of hydrogen-bond donors (Lipinski definition) is 3. The Bertz CT molecular complexity index is 513. The quantitative estimate of drug-likeness (QED) is 0.543. The number of nitrogens with one attached hydrogen (secondary N) is 2. The van der Waals surface area contributed by atoms with E-state index in [2.05, 4.69) is 20.6 Å². The maximum Gasteiger partial charge on any atom is 0.332 e. The molecule has 0 aliphatic carbocycles. The molecule has 0 bridgehead atoms. The van der Waals surface area contributed by atoms with Crippen molar-refractivity contribution in [2.24, 2.45) is 5.41 Å². The molecule has 1 rings (SSSR count). The summed E-state index contributed by atoms with van der Waals surface area (Å²) in [7, 11) is 1.64. The fourth-order valence-electron chi connectivity index (χ4n) is 2.01. The zero-order chi connectivity index (χ0) is 16.2. The zero-order valence-electron chi connectivity index (χ0n) is 13.1. The van der Waals surface area contributed by atoms with E-state index in [1.807, 2.05) is 20.8 Å². The molecule has 0 aliphatic heterocycles. The van der Waals surface area contributed by atoms with Crippen LogP contribution < -0.4 is 10.6 Å². The van der Waals surface area contributed by atoms with Gasteiger partial charge in [0.2, 0.25) is 11.8 Å². The second-order valence-electron chi connectivity index (χ2n) is 6.14. The molecule has 1 aromatic rings. The van der Waals surface area contributed by atoms with Gasteiger partial charge in [-0.05, 0) is 18.8 Å². The highest BCUT2D eigenvalue weighted by Crippen LogP contribution is 2.27. The molecule has 0 saturated carbocycles. The summed E-state index contributed by atoms with van der Waals surface area (Å²) in [5.74, 6) is 0.413. The van der Waals surface area contributed by atoms with Crippen LogP contribution in [0.25, 0.3) is 0 Å². The second kappa shape index (κ2) is 6.66. The molecule has 3 N–H and O–H groups in total. The lowest BCUT2D eigenvalue weighted by atomic mass is 9.89. The summed E-state index contributed by atoms with van der Waals surface area (Å²) in [6.45, 7) is 7.81. The van der Waals surface area contributed by atoms with E-state index in [4.69, 9.17) is 0 Å². The van der Waals surface area contributed by atoms with Crippen molar-refractivity contribution in [3.63, 3.8) is 0 Å². The minimum absolute atomic E-state index is 0.0231. The molecule has 0 aliphatic rings. The SMILES string of the molecule is CNc1nc(C)c([N+](=O)[O-])c(NCC(O)CC(C)(C)C)n1. The Kier molecular flexibility index (Phi) is 5.42. The van der Waals surface area contributed by atoms with Crippen molar-refractivity contribution in [2.45, 2.75) is 40.2 Å². The van der Waals surface area contributed by atoms with Gasteiger partial charge in [0.05, 0.1) is 11.0 Å². The van der Waals surface area contributed by atoms with Gasteiger partial charge in [0.25, 0.3) is 0 Å². The lowest BCUT2D eigenvalue weighted by Crippen LogP contribution is -2.26. The van der Waals surface area contributed by atoms with Crippen LogP contribution in [-0.2, 0) is 0 Å². The average Bonchev–Trinajstić information content (AvgIpc) is 2.32. The molecule has 0 aromatic carbocycles. The molecule has 1 heterocycles. The number of nitrogens with zero attached hydrogens (tertiary/aromatic N) is 3. The molecule has 21 heavy (non-hydrogen) atoms. The molecular formula is C13H23N5O3. The minimum Gasteiger partial charge on any atom is -0.391 e. The third-order valence-corrected chi connectivity index (χ3v) is 2.82. The second-order valence-corrected chi connectivity index (χ2v) is 6.14. The summed E-state index contributed by atoms with van der Waals surface area (Å²) < 4.78 is 0. The van der Waals surface area contributed by atoms with Crippen LogP contribution in [0.1, 0.15) is 32.9 Å². The van der Waals surface area contributed by atoms with Crippen LogP contribution in [0.5, 0.6) is 0 Å². The molecule has 0 radical (unpaired) electrons. The highest BCUT2D eigenvalue weighted by atomic mass is 16.6. The highest BCUT2D eigenvalue weighted by molar-refractivity contribution is 5.60. The fraction of sp³-hybridized carbons (Fsp3) is 0.692. The Morgan fingerprint density at radius 1 is 1.38 bits per heavy atom. The Labute approximate surface area is 124 Å². The largest absolute Gasteiger partial charge is 0.391 e. The molecule has 0 saturated heterocycles. The van der Waals surface area contributed by atoms with Gasteiger partial charge in [0.1, 0.15) is 5.69 Å². The third-order valence-electron chi connectivity index (χ3n) is 2.82. The number of anilines is 2. The number of nitro groups is 1. The van der Waals surface area contributed by atoms with Crippen LogP contribution in [0.2, 0.25) is 0 Å². The van der Waals surface area contributed by atoms with Crippen molar-refractivity contribution in [3.05, 3.63) is 15.8 Å². The van der Waals surface area contributed by atoms with Gasteiger partial charge in [-0.1, -0.05) is 20.8 Å². The lowest BCUT2D eigenvalue weighted by molar-refractivity contribution is -0.385. The van der Waals surface area contributed by atoms with Gasteiger partial charge in [-0.25, -0.2) is 4.98 Å². The molecule has 0 fully saturated rings. The molecular weight excluding hydrogens is 274 g/mol. The number of rotatable bonds is 6. The van der Waals surface area contributed by atoms with Crippen LogP contribution in [0, 0.1) is 22.5 Å². The Morgan fingerprint density at radius 2 is 2.00 bits per heavy atom. The van der Waals surface area contributed by atoms with E-state index in [9.17, 15) is 15.2 Å². The Hall–Kier alpha value is -1.96. The van der Waals surface area contributed by atoms with Crippen molar-refractivity contribution < 1.29 is 10.0 Å². The summed E-state index contributed by atoms with van der Waals surface area (Å²) in [6, 6.07) is 0. The predicted octanol–water partition coefficient (Wildman–Crippen LogP) is 1.94. The maximum atomic E-state index is 11.1. The molecule has 1 atom stereocenters. The summed E-state index contributed by atoms with van der Waals surface area (Å²) in [5, 5.41) is 26.7. The van der Waals surface area contributed by atoms with Gasteiger partial charge in [-0.3, -0.25) is 10.1 Å². The van der Waals surface area contributed by atoms with Gasteiger partial charge in [0, 0.05) is 13.6 Å². The van der Waals surface area contributed by atoms with Crippen LogP contribution in [0.3, 0.4) is 0 Å². The Morgan fingerprint density at radius 3 is 2.48 bits per heavy atom. The molecule has 1 aromatic heterocycles. The van der Waals surface area contributed by atoms with Gasteiger partial charge >= 0.3 is 5.69 Å². The molecule has 0 spiro atoms. The smallest absolute Gasteiger partial charge is 0.332 e. The van der Waals surface area contributed by atoms with E-state index in [0.717, 1.165) is 0 Å². The van der Waals surface area contributed by atoms with Crippen molar-refractivity contribution in [3.8, 4) is 0 Å². The van der Waals surface area contributed by atoms with Crippen LogP contribution in [-0.4, -0.2) is 39.7 Å². The van der Waals surface area contributed by atoms with E-state index in [-0.39, 0.29) is 29.2 Å². The fourth-order valence-corrected chi connectivity index (χ4v) is 2.01. The van der Waals surface area contributed by atoms with Crippen LogP contribution in [0.4, 0.5) is 17.5 Å². The first-order valence-electron chi connectivity index (χ1n) is 6.76. The molecule has 118 valence electrons. The van der Waals surface area contributed by atoms with Gasteiger partial charge in [-0.15, -0.1) is 0 Å². The summed E-state index contributed by atoms with van der Waals surface area (Å²) in [4.78, 5) is 18.6. The highest BCUT2D eigenvalue weighted by Gasteiger charge is 2.23. The topological polar surface area (TPSA) is 113 Å². The summed E-state index contributed by atoms with van der Waals surface area (Å²) in [5.41, 5.74) is 0.0780. The van der Waals surface area contributed by atoms with E-state index >= 15 is 0 Å². The van der Waals surface area contributed by atoms with E-state index in [1.165, 1.54) is 0 Å². The van der Waals surface area contributed by atoms with Gasteiger partial charge in [0.15, 0.2) is 0 Å². The van der Waals surface area contributed by atoms with Crippen molar-refractivity contribution in [1.29, 1.82) is 0 Å². The molecule has 8 heteroatoms. The first kappa shape index (κ1) is 17.1. The number of aromatic nitrogens is 2. The number of aliphatic hydroxyl groups is 1. The van der Waals surface area contributed by atoms with Gasteiger partial charge in [-0.2, -0.15) is 4.98 Å². The third kappa shape index (κ3) is 5.14. The van der Waals surface area contributed by atoms with Crippen LogP contribution >= 0.6 is 0 Å². The van der Waals surface area contributed by atoms with E-state index in [0.29, 0.717) is 12.4 Å². The Balaban J connectivity index is 2.91. The number of aliphatic hydroxyl groups excluding tert-OH is 1. The summed E-state index contributed by atoms with van der Waals surface area (Å²) >= 11 is 0. The predicted molar refractivity (Wildman–Crippen MR) is 81.5 cm³/mol. The lowest BCUT2D eigenvalue weighted by Gasteiger charge is -2.22. The number of aryl methyl sites for hydroxylation is 1. The van der Waals surface area contributed by atoms with Crippen LogP contribution in [0.15, 0.2) is 0 Å². The first-order chi connectivity index (χ1) is 9.64. The standard InChI is InChI=1S/C13H23N5O3/c1-8-10(18(20)21)11(17-12(14-5)16-8)15-7-9(19)6-13(2,3)4/h9,19H,6-7H2,1-5H3,(H2,14,15,16,17). The average molecular weight is 297 g/mol. The minimum atomic E-state index is -0.613. The van der Waals surface area contributed by atoms with Crippen molar-refractivity contribution in [2.75, 3.05) is 24.2 Å². The number of hydrogen-bond acceptors (Lipinski definition) is 7. The molecule has 1 unspecified atom stereocenters. The maximum absolute atomic E-state index is 11.1. The van der Waals surface area contributed by atoms with Crippen molar-refractivity contribution >= 4 is 17.5 Å². The summed E-state index contributed by atoms with van der Waals surface area (Å²) in [6.07, 6.45) is -0.0329. The monoisotopic (exact) mass is 297 g/mol. The zero-order valence-corrected chi connectivity index (χ0v) is 13.1. The van der Waals surface area contributed by atoms with E-state index in [1.54, 1.807) is 14.0 Å². The normalized spacial score (nSPS) is 12.9. The molecule has 8 nitrogen and oxygen atoms in total.